The Hall–Kier alpha value is -0.820. The quantitative estimate of drug-likeness (QED) is 0.798. The van der Waals surface area contributed by atoms with Gasteiger partial charge < -0.3 is 5.11 Å². The molecular formula is C17H22O. The van der Waals surface area contributed by atoms with Crippen LogP contribution in [0.3, 0.4) is 0 Å². The van der Waals surface area contributed by atoms with Gasteiger partial charge in [-0.3, -0.25) is 0 Å². The number of hydrogen-bond donors (Lipinski definition) is 1. The lowest BCUT2D eigenvalue weighted by Crippen LogP contribution is -2.57. The van der Waals surface area contributed by atoms with E-state index in [1.54, 1.807) is 0 Å². The van der Waals surface area contributed by atoms with Crippen LogP contribution in [0.1, 0.15) is 49.7 Å². The maximum absolute atomic E-state index is 10.8. The summed E-state index contributed by atoms with van der Waals surface area (Å²) in [4.78, 5) is 0. The molecule has 4 bridgehead atoms. The first kappa shape index (κ1) is 11.0. The van der Waals surface area contributed by atoms with Gasteiger partial charge >= 0.3 is 0 Å². The Morgan fingerprint density at radius 2 is 1.61 bits per heavy atom. The first-order valence-electron chi connectivity index (χ1n) is 7.37. The van der Waals surface area contributed by atoms with Gasteiger partial charge in [-0.2, -0.15) is 0 Å². The summed E-state index contributed by atoms with van der Waals surface area (Å²) in [7, 11) is 0. The molecule has 4 aliphatic carbocycles. The van der Waals surface area contributed by atoms with E-state index < -0.39 is 0 Å². The fourth-order valence-corrected chi connectivity index (χ4v) is 5.46. The molecule has 96 valence electrons. The van der Waals surface area contributed by atoms with Gasteiger partial charge in [0, 0.05) is 0 Å². The van der Waals surface area contributed by atoms with Crippen molar-refractivity contribution in [3.8, 4) is 0 Å². The van der Waals surface area contributed by atoms with Crippen LogP contribution in [0.5, 0.6) is 0 Å². The summed E-state index contributed by atoms with van der Waals surface area (Å²) in [5.74, 6) is 1.55. The van der Waals surface area contributed by atoms with Crippen molar-refractivity contribution < 1.29 is 5.11 Å². The van der Waals surface area contributed by atoms with Gasteiger partial charge in [-0.15, -0.1) is 0 Å². The molecule has 4 saturated carbocycles. The smallest absolute Gasteiger partial charge is 0.0661 e. The Morgan fingerprint density at radius 3 is 2.17 bits per heavy atom. The second-order valence-electron chi connectivity index (χ2n) is 7.33. The molecule has 0 aliphatic heterocycles. The first-order chi connectivity index (χ1) is 8.57. The molecule has 1 nitrogen and oxygen atoms in total. The van der Waals surface area contributed by atoms with Crippen LogP contribution in [-0.2, 0) is 5.41 Å². The third kappa shape index (κ3) is 1.50. The van der Waals surface area contributed by atoms with Gasteiger partial charge in [0.25, 0.3) is 0 Å². The minimum absolute atomic E-state index is 0.298. The fourth-order valence-electron chi connectivity index (χ4n) is 5.46. The number of hydrogen-bond acceptors (Lipinski definition) is 1. The normalized spacial score (nSPS) is 45.4. The minimum atomic E-state index is -0.338. The predicted octanol–water partition coefficient (Wildman–Crippen LogP) is 3.58. The van der Waals surface area contributed by atoms with Crippen molar-refractivity contribution >= 4 is 0 Å². The van der Waals surface area contributed by atoms with E-state index in [1.165, 1.54) is 30.4 Å². The maximum Gasteiger partial charge on any atom is 0.0661 e. The zero-order chi connectivity index (χ0) is 12.4. The third-order valence-corrected chi connectivity index (χ3v) is 5.69. The first-order valence-corrected chi connectivity index (χ1v) is 7.37. The third-order valence-electron chi connectivity index (χ3n) is 5.69. The number of rotatable bonds is 1. The van der Waals surface area contributed by atoms with E-state index in [1.807, 2.05) is 0 Å². The van der Waals surface area contributed by atoms with E-state index >= 15 is 0 Å². The van der Waals surface area contributed by atoms with E-state index in [4.69, 9.17) is 0 Å². The Bertz CT molecular complexity index is 459. The molecule has 1 aromatic carbocycles. The van der Waals surface area contributed by atoms with E-state index in [9.17, 15) is 5.11 Å². The highest BCUT2D eigenvalue weighted by molar-refractivity contribution is 5.33. The minimum Gasteiger partial charge on any atom is -0.390 e. The molecule has 1 N–H and O–H groups in total. The summed E-state index contributed by atoms with van der Waals surface area (Å²) < 4.78 is 0. The van der Waals surface area contributed by atoms with Crippen molar-refractivity contribution in [1.29, 1.82) is 0 Å². The molecule has 0 aromatic heterocycles. The van der Waals surface area contributed by atoms with Crippen LogP contribution >= 0.6 is 0 Å². The molecule has 4 aliphatic rings. The summed E-state index contributed by atoms with van der Waals surface area (Å²) in [5, 5.41) is 10.8. The summed E-state index contributed by atoms with van der Waals surface area (Å²) in [5.41, 5.74) is 2.78. The van der Waals surface area contributed by atoms with Crippen LogP contribution in [0.15, 0.2) is 24.3 Å². The number of aliphatic hydroxyl groups is 1. The standard InChI is InChI=1S/C17H22O/c1-12-2-4-15(5-3-12)16-7-13-6-14(8-16)10-17(18,9-13)11-16/h2-5,13-14,18H,6-11H2,1H3. The van der Waals surface area contributed by atoms with Crippen molar-refractivity contribution in [1.82, 2.24) is 0 Å². The van der Waals surface area contributed by atoms with Crippen LogP contribution in [0.2, 0.25) is 0 Å². The molecule has 18 heavy (non-hydrogen) atoms. The van der Waals surface area contributed by atoms with E-state index in [0.717, 1.165) is 31.1 Å². The molecule has 0 saturated heterocycles. The van der Waals surface area contributed by atoms with Crippen LogP contribution in [0, 0.1) is 18.8 Å². The van der Waals surface area contributed by atoms with Crippen LogP contribution in [0.4, 0.5) is 0 Å². The van der Waals surface area contributed by atoms with Crippen LogP contribution < -0.4 is 0 Å². The SMILES string of the molecule is Cc1ccc(C23CC4CC(CC(O)(C4)C2)C3)cc1. The molecule has 4 fully saturated rings. The summed E-state index contributed by atoms with van der Waals surface area (Å²) in [6.07, 6.45) is 7.14. The van der Waals surface area contributed by atoms with E-state index in [0.29, 0.717) is 5.41 Å². The van der Waals surface area contributed by atoms with Gasteiger partial charge in [0.1, 0.15) is 0 Å². The van der Waals surface area contributed by atoms with Crippen molar-refractivity contribution in [3.63, 3.8) is 0 Å². The predicted molar refractivity (Wildman–Crippen MR) is 72.5 cm³/mol. The largest absolute Gasteiger partial charge is 0.390 e. The van der Waals surface area contributed by atoms with Crippen molar-refractivity contribution in [2.24, 2.45) is 11.8 Å². The summed E-state index contributed by atoms with van der Waals surface area (Å²) in [6, 6.07) is 9.09. The van der Waals surface area contributed by atoms with Gasteiger partial charge in [0.15, 0.2) is 0 Å². The lowest BCUT2D eigenvalue weighted by atomic mass is 9.46. The zero-order valence-corrected chi connectivity index (χ0v) is 11.2. The Balaban J connectivity index is 1.77. The van der Waals surface area contributed by atoms with Crippen LogP contribution in [0.25, 0.3) is 0 Å². The van der Waals surface area contributed by atoms with Gasteiger partial charge in [0.2, 0.25) is 0 Å². The van der Waals surface area contributed by atoms with Crippen LogP contribution in [-0.4, -0.2) is 10.7 Å². The second-order valence-corrected chi connectivity index (χ2v) is 7.33. The number of benzene rings is 1. The fraction of sp³-hybridized carbons (Fsp3) is 0.647. The molecule has 5 rings (SSSR count). The summed E-state index contributed by atoms with van der Waals surface area (Å²) in [6.45, 7) is 2.15. The lowest BCUT2D eigenvalue weighted by Gasteiger charge is -2.60. The molecule has 1 heteroatoms. The van der Waals surface area contributed by atoms with Gasteiger partial charge in [-0.05, 0) is 68.3 Å². The molecular weight excluding hydrogens is 220 g/mol. The topological polar surface area (TPSA) is 20.2 Å². The van der Waals surface area contributed by atoms with Crippen molar-refractivity contribution in [2.75, 3.05) is 0 Å². The Kier molecular flexibility index (Phi) is 2.08. The molecule has 0 spiro atoms. The highest BCUT2D eigenvalue weighted by Crippen LogP contribution is 2.62. The molecule has 0 amide bonds. The average Bonchev–Trinajstić information content (AvgIpc) is 2.26. The Labute approximate surface area is 109 Å². The maximum atomic E-state index is 10.8. The number of aryl methyl sites for hydroxylation is 1. The van der Waals surface area contributed by atoms with Crippen molar-refractivity contribution in [3.05, 3.63) is 35.4 Å². The monoisotopic (exact) mass is 242 g/mol. The van der Waals surface area contributed by atoms with Gasteiger partial charge in [0.05, 0.1) is 5.60 Å². The molecule has 1 aromatic rings. The average molecular weight is 242 g/mol. The van der Waals surface area contributed by atoms with E-state index in [2.05, 4.69) is 31.2 Å². The molecule has 2 unspecified atom stereocenters. The lowest BCUT2D eigenvalue weighted by molar-refractivity contribution is -0.137. The summed E-state index contributed by atoms with van der Waals surface area (Å²) >= 11 is 0. The van der Waals surface area contributed by atoms with Crippen molar-refractivity contribution in [2.45, 2.75) is 56.5 Å². The Morgan fingerprint density at radius 1 is 1.00 bits per heavy atom. The molecule has 2 atom stereocenters. The van der Waals surface area contributed by atoms with Gasteiger partial charge in [-0.25, -0.2) is 0 Å². The van der Waals surface area contributed by atoms with Gasteiger partial charge in [-0.1, -0.05) is 29.8 Å². The highest BCUT2D eigenvalue weighted by Gasteiger charge is 2.57. The second kappa shape index (κ2) is 3.39. The zero-order valence-electron chi connectivity index (χ0n) is 11.2. The van der Waals surface area contributed by atoms with E-state index in [-0.39, 0.29) is 5.60 Å². The highest BCUT2D eigenvalue weighted by atomic mass is 16.3. The molecule has 0 radical (unpaired) electrons. The molecule has 0 heterocycles.